The maximum absolute atomic E-state index is 13.2. The third-order valence-electron chi connectivity index (χ3n) is 5.96. The summed E-state index contributed by atoms with van der Waals surface area (Å²) in [5.74, 6) is 0.291. The standard InChI is InChI=1S/C27H29F3N2O6S/c1-5-18(2)32(26(33)31-22-11-6-7-12-23(22)36-3)17-19-13-14-24(37-4)25(15-19)38-39(34,35)21-10-8-9-20(16-21)27(28,29)30/h6-16,18H,5,17H2,1-4H3,(H,31,33)/t18-/m0/s1. The van der Waals surface area contributed by atoms with Gasteiger partial charge in [-0.25, -0.2) is 4.79 Å². The van der Waals surface area contributed by atoms with Crippen LogP contribution >= 0.6 is 0 Å². The van der Waals surface area contributed by atoms with Crippen LogP contribution in [0.5, 0.6) is 17.2 Å². The Labute approximate surface area is 225 Å². The Hall–Kier alpha value is -3.93. The fourth-order valence-electron chi connectivity index (χ4n) is 3.66. The molecule has 2 amide bonds. The summed E-state index contributed by atoms with van der Waals surface area (Å²) in [6, 6.07) is 14.0. The fraction of sp³-hybridized carbons (Fsp3) is 0.296. The molecule has 0 aliphatic carbocycles. The molecule has 0 aliphatic rings. The molecule has 1 N–H and O–H groups in total. The van der Waals surface area contributed by atoms with Crippen molar-refractivity contribution >= 4 is 21.8 Å². The van der Waals surface area contributed by atoms with Gasteiger partial charge in [-0.05, 0) is 61.4 Å². The first-order chi connectivity index (χ1) is 18.4. The van der Waals surface area contributed by atoms with Crippen molar-refractivity contribution in [2.45, 2.75) is 43.9 Å². The van der Waals surface area contributed by atoms with Gasteiger partial charge in [-0.2, -0.15) is 21.6 Å². The number of anilines is 1. The number of benzene rings is 3. The molecule has 39 heavy (non-hydrogen) atoms. The van der Waals surface area contributed by atoms with Crippen LogP contribution in [0.3, 0.4) is 0 Å². The van der Waals surface area contributed by atoms with E-state index < -0.39 is 32.8 Å². The van der Waals surface area contributed by atoms with Gasteiger partial charge in [0.1, 0.15) is 10.6 Å². The van der Waals surface area contributed by atoms with Crippen LogP contribution in [0, 0.1) is 0 Å². The van der Waals surface area contributed by atoms with E-state index in [4.69, 9.17) is 13.7 Å². The zero-order valence-corrected chi connectivity index (χ0v) is 22.6. The molecule has 210 valence electrons. The van der Waals surface area contributed by atoms with Crippen molar-refractivity contribution in [3.8, 4) is 17.2 Å². The van der Waals surface area contributed by atoms with Crippen LogP contribution in [0.15, 0.2) is 71.6 Å². The summed E-state index contributed by atoms with van der Waals surface area (Å²) in [4.78, 5) is 14.1. The van der Waals surface area contributed by atoms with Crippen LogP contribution < -0.4 is 19.0 Å². The Morgan fingerprint density at radius 2 is 1.64 bits per heavy atom. The maximum Gasteiger partial charge on any atom is 0.416 e. The Kier molecular flexibility index (Phi) is 9.33. The monoisotopic (exact) mass is 566 g/mol. The van der Waals surface area contributed by atoms with E-state index in [1.807, 2.05) is 13.8 Å². The van der Waals surface area contributed by atoms with Crippen LogP contribution in [0.2, 0.25) is 0 Å². The van der Waals surface area contributed by atoms with E-state index in [1.54, 1.807) is 35.2 Å². The minimum Gasteiger partial charge on any atom is -0.495 e. The number of rotatable bonds is 10. The Morgan fingerprint density at radius 1 is 0.949 bits per heavy atom. The lowest BCUT2D eigenvalue weighted by Crippen LogP contribution is -2.40. The molecule has 0 bridgehead atoms. The van der Waals surface area contributed by atoms with Crippen molar-refractivity contribution < 1.29 is 40.0 Å². The van der Waals surface area contributed by atoms with Crippen molar-refractivity contribution in [2.24, 2.45) is 0 Å². The van der Waals surface area contributed by atoms with E-state index >= 15 is 0 Å². The molecule has 0 heterocycles. The Balaban J connectivity index is 1.90. The minimum absolute atomic E-state index is 0.0443. The van der Waals surface area contributed by atoms with Crippen LogP contribution in [0.1, 0.15) is 31.4 Å². The third-order valence-corrected chi connectivity index (χ3v) is 7.19. The number of halogens is 3. The smallest absolute Gasteiger partial charge is 0.416 e. The van der Waals surface area contributed by atoms with Crippen molar-refractivity contribution in [3.63, 3.8) is 0 Å². The fourth-order valence-corrected chi connectivity index (χ4v) is 4.64. The normalized spacial score (nSPS) is 12.4. The van der Waals surface area contributed by atoms with Gasteiger partial charge in [0, 0.05) is 12.6 Å². The molecule has 0 saturated heterocycles. The second-order valence-electron chi connectivity index (χ2n) is 8.56. The highest BCUT2D eigenvalue weighted by molar-refractivity contribution is 7.87. The predicted octanol–water partition coefficient (Wildman–Crippen LogP) is 6.32. The number of nitrogens with one attached hydrogen (secondary N) is 1. The van der Waals surface area contributed by atoms with E-state index in [1.165, 1.54) is 26.4 Å². The zero-order valence-electron chi connectivity index (χ0n) is 21.8. The molecular weight excluding hydrogens is 537 g/mol. The van der Waals surface area contributed by atoms with E-state index in [0.29, 0.717) is 29.5 Å². The highest BCUT2D eigenvalue weighted by Gasteiger charge is 2.32. The van der Waals surface area contributed by atoms with Crippen LogP contribution in [-0.4, -0.2) is 39.6 Å². The van der Waals surface area contributed by atoms with Gasteiger partial charge in [0.2, 0.25) is 0 Å². The number of carbonyl (C=O) groups excluding carboxylic acids is 1. The van der Waals surface area contributed by atoms with E-state index in [-0.39, 0.29) is 24.1 Å². The molecule has 8 nitrogen and oxygen atoms in total. The first-order valence-electron chi connectivity index (χ1n) is 11.9. The molecule has 0 saturated carbocycles. The van der Waals surface area contributed by atoms with Gasteiger partial charge in [0.25, 0.3) is 0 Å². The first-order valence-corrected chi connectivity index (χ1v) is 13.3. The topological polar surface area (TPSA) is 94.2 Å². The van der Waals surface area contributed by atoms with E-state index in [2.05, 4.69) is 5.32 Å². The average molecular weight is 567 g/mol. The second kappa shape index (κ2) is 12.3. The van der Waals surface area contributed by atoms with Gasteiger partial charge in [-0.3, -0.25) is 0 Å². The van der Waals surface area contributed by atoms with Gasteiger partial charge < -0.3 is 23.9 Å². The second-order valence-corrected chi connectivity index (χ2v) is 10.1. The molecule has 0 aromatic heterocycles. The summed E-state index contributed by atoms with van der Waals surface area (Å²) < 4.78 is 80.8. The van der Waals surface area contributed by atoms with Gasteiger partial charge in [-0.15, -0.1) is 0 Å². The number of hydrogen-bond acceptors (Lipinski definition) is 6. The van der Waals surface area contributed by atoms with Crippen LogP contribution in [0.4, 0.5) is 23.7 Å². The number of methoxy groups -OCH3 is 2. The minimum atomic E-state index is -4.73. The molecule has 1 atom stereocenters. The quantitative estimate of drug-likeness (QED) is 0.289. The number of ether oxygens (including phenoxy) is 2. The number of alkyl halides is 3. The Bertz CT molecular complexity index is 1410. The number of para-hydroxylation sites is 2. The Morgan fingerprint density at radius 3 is 2.28 bits per heavy atom. The lowest BCUT2D eigenvalue weighted by molar-refractivity contribution is -0.137. The summed E-state index contributed by atoms with van der Waals surface area (Å²) in [7, 11) is -1.86. The van der Waals surface area contributed by atoms with Gasteiger partial charge in [0.05, 0.1) is 25.5 Å². The predicted molar refractivity (Wildman–Crippen MR) is 140 cm³/mol. The summed E-state index contributed by atoms with van der Waals surface area (Å²) in [5.41, 5.74) is -0.150. The summed E-state index contributed by atoms with van der Waals surface area (Å²) in [6.45, 7) is 3.85. The summed E-state index contributed by atoms with van der Waals surface area (Å²) in [6.07, 6.45) is -4.10. The molecule has 3 aromatic carbocycles. The highest BCUT2D eigenvalue weighted by Crippen LogP contribution is 2.34. The van der Waals surface area contributed by atoms with E-state index in [0.717, 1.165) is 18.2 Å². The molecule has 0 fully saturated rings. The summed E-state index contributed by atoms with van der Waals surface area (Å²) >= 11 is 0. The van der Waals surface area contributed by atoms with Gasteiger partial charge in [0.15, 0.2) is 11.5 Å². The summed E-state index contributed by atoms with van der Waals surface area (Å²) in [5, 5.41) is 2.83. The molecule has 12 heteroatoms. The number of hydrogen-bond donors (Lipinski definition) is 1. The molecule has 0 unspecified atom stereocenters. The van der Waals surface area contributed by atoms with Crippen molar-refractivity contribution in [1.82, 2.24) is 4.90 Å². The lowest BCUT2D eigenvalue weighted by Gasteiger charge is -2.29. The largest absolute Gasteiger partial charge is 0.495 e. The number of carbonyl (C=O) groups is 1. The zero-order chi connectivity index (χ0) is 28.8. The maximum atomic E-state index is 13.2. The third kappa shape index (κ3) is 7.34. The van der Waals surface area contributed by atoms with Crippen LogP contribution in [-0.2, 0) is 22.8 Å². The van der Waals surface area contributed by atoms with Crippen molar-refractivity contribution in [3.05, 3.63) is 77.9 Å². The first kappa shape index (κ1) is 29.6. The average Bonchev–Trinajstić information content (AvgIpc) is 2.91. The highest BCUT2D eigenvalue weighted by atomic mass is 32.2. The van der Waals surface area contributed by atoms with Crippen molar-refractivity contribution in [2.75, 3.05) is 19.5 Å². The molecule has 0 aliphatic heterocycles. The van der Waals surface area contributed by atoms with Gasteiger partial charge >= 0.3 is 22.3 Å². The molecule has 0 radical (unpaired) electrons. The van der Waals surface area contributed by atoms with Crippen LogP contribution in [0.25, 0.3) is 0 Å². The van der Waals surface area contributed by atoms with E-state index in [9.17, 15) is 26.4 Å². The number of nitrogens with zero attached hydrogens (tertiary/aromatic N) is 1. The number of urea groups is 1. The lowest BCUT2D eigenvalue weighted by atomic mass is 10.1. The number of amides is 2. The SMILES string of the molecule is CC[C@H](C)N(Cc1ccc(OC)c(OS(=O)(=O)c2cccc(C(F)(F)F)c2)c1)C(=O)Nc1ccccc1OC. The molecule has 0 spiro atoms. The molecular formula is C27H29F3N2O6S. The molecule has 3 aromatic rings. The molecule has 3 rings (SSSR count). The van der Waals surface area contributed by atoms with Crippen molar-refractivity contribution in [1.29, 1.82) is 0 Å². The van der Waals surface area contributed by atoms with Gasteiger partial charge in [-0.1, -0.05) is 31.2 Å².